The van der Waals surface area contributed by atoms with Gasteiger partial charge in [-0.05, 0) is 43.6 Å². The Morgan fingerprint density at radius 2 is 1.39 bits per heavy atom. The van der Waals surface area contributed by atoms with Crippen LogP contribution in [0.3, 0.4) is 0 Å². The average Bonchev–Trinajstić information content (AvgIpc) is 3.25. The number of hydrogen-bond acceptors (Lipinski definition) is 8. The molecule has 0 aliphatic carbocycles. The Morgan fingerprint density at radius 3 is 1.91 bits per heavy atom. The van der Waals surface area contributed by atoms with E-state index in [1.54, 1.807) is 25.5 Å². The molecule has 1 fully saturated rings. The van der Waals surface area contributed by atoms with Gasteiger partial charge in [-0.3, -0.25) is 19.2 Å². The molecule has 232 valence electrons. The number of ketones is 4. The summed E-state index contributed by atoms with van der Waals surface area (Å²) in [5, 5.41) is 9.97. The predicted octanol–water partition coefficient (Wildman–Crippen LogP) is 3.90. The number of carbonyl (C=O) groups is 4. The molecule has 5 atom stereocenters. The van der Waals surface area contributed by atoms with Crippen molar-refractivity contribution in [3.8, 4) is 0 Å². The van der Waals surface area contributed by atoms with Crippen molar-refractivity contribution >= 4 is 23.1 Å². The molecule has 0 aromatic heterocycles. The minimum absolute atomic E-state index is 0.0282. The number of fused-ring (bicyclic) bond motifs is 1. The Morgan fingerprint density at radius 1 is 0.750 bits per heavy atom. The van der Waals surface area contributed by atoms with E-state index in [4.69, 9.17) is 0 Å². The third kappa shape index (κ3) is 3.75. The van der Waals surface area contributed by atoms with Crippen molar-refractivity contribution in [1.82, 2.24) is 20.9 Å². The first-order valence-corrected chi connectivity index (χ1v) is 15.8. The van der Waals surface area contributed by atoms with Crippen molar-refractivity contribution in [2.75, 3.05) is 0 Å². The molecule has 6 rings (SSSR count). The fourth-order valence-corrected chi connectivity index (χ4v) is 8.39. The van der Waals surface area contributed by atoms with Gasteiger partial charge in [0.2, 0.25) is 0 Å². The summed E-state index contributed by atoms with van der Waals surface area (Å²) in [4.78, 5) is 59.6. The van der Waals surface area contributed by atoms with Crippen LogP contribution in [-0.2, 0) is 25.6 Å². The van der Waals surface area contributed by atoms with Crippen molar-refractivity contribution in [1.29, 1.82) is 0 Å². The van der Waals surface area contributed by atoms with E-state index in [0.29, 0.717) is 34.6 Å². The fourth-order valence-electron chi connectivity index (χ4n) is 8.39. The van der Waals surface area contributed by atoms with Gasteiger partial charge in [-0.2, -0.15) is 0 Å². The lowest BCUT2D eigenvalue weighted by Gasteiger charge is -2.38. The zero-order valence-electron chi connectivity index (χ0n) is 27.0. The molecule has 1 aromatic rings. The monoisotopic (exact) mass is 596 g/mol. The Labute approximate surface area is 260 Å². The van der Waals surface area contributed by atoms with Crippen molar-refractivity contribution in [3.63, 3.8) is 0 Å². The summed E-state index contributed by atoms with van der Waals surface area (Å²) in [7, 11) is 0. The maximum atomic E-state index is 14.8. The van der Waals surface area contributed by atoms with Crippen LogP contribution in [0.2, 0.25) is 0 Å². The van der Waals surface area contributed by atoms with E-state index in [9.17, 15) is 19.2 Å². The van der Waals surface area contributed by atoms with Gasteiger partial charge in [-0.15, -0.1) is 0 Å². The second-order valence-corrected chi connectivity index (χ2v) is 14.5. The van der Waals surface area contributed by atoms with E-state index in [1.807, 2.05) is 71.2 Å². The molecule has 0 bridgehead atoms. The molecule has 1 unspecified atom stereocenters. The van der Waals surface area contributed by atoms with Crippen LogP contribution in [0.4, 0.5) is 0 Å². The molecule has 44 heavy (non-hydrogen) atoms. The maximum absolute atomic E-state index is 14.8. The Hall–Kier alpha value is -3.94. The first kappa shape index (κ1) is 30.1. The van der Waals surface area contributed by atoms with Crippen molar-refractivity contribution in [3.05, 3.63) is 83.0 Å². The quantitative estimate of drug-likeness (QED) is 0.369. The molecule has 0 saturated carbocycles. The van der Waals surface area contributed by atoms with E-state index >= 15 is 0 Å². The largest absolute Gasteiger partial charge is 0.374 e. The van der Waals surface area contributed by atoms with Crippen molar-refractivity contribution in [2.45, 2.75) is 96.4 Å². The van der Waals surface area contributed by atoms with Crippen LogP contribution in [0.5, 0.6) is 0 Å². The second-order valence-electron chi connectivity index (χ2n) is 14.5. The van der Waals surface area contributed by atoms with E-state index in [1.165, 1.54) is 0 Å². The van der Waals surface area contributed by atoms with Crippen molar-refractivity contribution < 1.29 is 19.2 Å². The molecule has 5 aliphatic heterocycles. The van der Waals surface area contributed by atoms with Gasteiger partial charge in [0.1, 0.15) is 22.2 Å². The van der Waals surface area contributed by atoms with Gasteiger partial charge >= 0.3 is 0 Å². The first-order chi connectivity index (χ1) is 20.7. The average molecular weight is 597 g/mol. The highest BCUT2D eigenvalue weighted by molar-refractivity contribution is 6.25. The van der Waals surface area contributed by atoms with E-state index in [2.05, 4.69) is 34.7 Å². The number of Topliss-reactive ketones (excluding diaryl/α,β-unsaturated/α-hetero) is 4. The Bertz CT molecular complexity index is 1600. The number of benzene rings is 1. The lowest BCUT2D eigenvalue weighted by Crippen LogP contribution is -2.59. The molecule has 8 nitrogen and oxygen atoms in total. The summed E-state index contributed by atoms with van der Waals surface area (Å²) in [5.41, 5.74) is -2.10. The van der Waals surface area contributed by atoms with Gasteiger partial charge in [0.25, 0.3) is 0 Å². The lowest BCUT2D eigenvalue weighted by molar-refractivity contribution is -0.127. The summed E-state index contributed by atoms with van der Waals surface area (Å²) in [5.74, 6) is -0.718. The highest BCUT2D eigenvalue weighted by Gasteiger charge is 2.71. The van der Waals surface area contributed by atoms with Crippen LogP contribution in [0.15, 0.2) is 77.4 Å². The summed E-state index contributed by atoms with van der Waals surface area (Å²) in [6, 6.07) is 9.73. The zero-order valence-corrected chi connectivity index (χ0v) is 27.0. The fraction of sp³-hybridized carbons (Fsp3) is 0.500. The summed E-state index contributed by atoms with van der Waals surface area (Å²) in [6.45, 7) is 15.8. The van der Waals surface area contributed by atoms with E-state index in [-0.39, 0.29) is 47.4 Å². The molecule has 3 N–H and O–H groups in total. The van der Waals surface area contributed by atoms with Crippen LogP contribution < -0.4 is 16.0 Å². The minimum atomic E-state index is -1.41. The van der Waals surface area contributed by atoms with Gasteiger partial charge in [-0.25, -0.2) is 0 Å². The van der Waals surface area contributed by atoms with Crippen LogP contribution >= 0.6 is 0 Å². The number of carbonyl (C=O) groups excluding carboxylic acids is 4. The number of nitrogens with one attached hydrogen (secondary N) is 3. The molecule has 0 spiro atoms. The van der Waals surface area contributed by atoms with Gasteiger partial charge < -0.3 is 20.9 Å². The van der Waals surface area contributed by atoms with Crippen LogP contribution in [0.1, 0.15) is 67.4 Å². The first-order valence-electron chi connectivity index (χ1n) is 15.8. The standard InChI is InChI=1S/C36H44N4O4/c1-20(2)14-34(27-19-40-28(21(3)4)33(40,8)30(27)42)31(43)26(18-38-34)36(22(5)6)32(44)25(17-39-36)35(29(41)23(7)16-37-35)15-24-12-10-9-11-13-24/h9-13,16-22,28,37-39H,14-15H2,1-8H3/t28?,33-,34+,35+,36+,40?/m1/s1. The molecular formula is C36H44N4O4. The smallest absolute Gasteiger partial charge is 0.193 e. The van der Waals surface area contributed by atoms with Gasteiger partial charge in [0.15, 0.2) is 23.1 Å². The molecule has 0 amide bonds. The summed E-state index contributed by atoms with van der Waals surface area (Å²) in [6.07, 6.45) is 7.53. The highest BCUT2D eigenvalue weighted by Crippen LogP contribution is 2.55. The normalized spacial score (nSPS) is 34.2. The molecule has 1 aromatic carbocycles. The van der Waals surface area contributed by atoms with Crippen molar-refractivity contribution in [2.24, 2.45) is 17.8 Å². The molecule has 8 heteroatoms. The number of rotatable bonds is 9. The Kier molecular flexibility index (Phi) is 6.69. The molecule has 1 saturated heterocycles. The third-order valence-corrected chi connectivity index (χ3v) is 10.6. The second kappa shape index (κ2) is 9.78. The van der Waals surface area contributed by atoms with Gasteiger partial charge in [-0.1, -0.05) is 71.9 Å². The number of nitrogens with zero attached hydrogens (tertiary/aromatic N) is 1. The van der Waals surface area contributed by atoms with Crippen LogP contribution in [-0.4, -0.2) is 56.2 Å². The Balaban J connectivity index is 1.38. The SMILES string of the molecule is CC1=CN[C@@](Cc2ccccc2)(C2=CN[C@](C3=CN[C@@](CC(C)C)(C4=CN5C(C(C)C)[C@]5(C)C4=O)C3=O)(C(C)C)C2=O)C1=O. The van der Waals surface area contributed by atoms with Gasteiger partial charge in [0.05, 0.1) is 6.04 Å². The third-order valence-electron chi connectivity index (χ3n) is 10.6. The minimum Gasteiger partial charge on any atom is -0.374 e. The zero-order chi connectivity index (χ0) is 32.0. The topological polar surface area (TPSA) is 107 Å². The lowest BCUT2D eigenvalue weighted by atomic mass is 9.67. The van der Waals surface area contributed by atoms with Crippen LogP contribution in [0, 0.1) is 17.8 Å². The summed E-state index contributed by atoms with van der Waals surface area (Å²) < 4.78 is 0. The predicted molar refractivity (Wildman–Crippen MR) is 169 cm³/mol. The van der Waals surface area contributed by atoms with Crippen LogP contribution in [0.25, 0.3) is 0 Å². The molecule has 5 heterocycles. The number of hydrogen-bond donors (Lipinski definition) is 3. The van der Waals surface area contributed by atoms with E-state index < -0.39 is 22.2 Å². The highest BCUT2D eigenvalue weighted by atomic mass is 16.2. The van der Waals surface area contributed by atoms with Gasteiger partial charge in [0, 0.05) is 53.5 Å². The molecule has 5 aliphatic rings. The van der Waals surface area contributed by atoms with E-state index in [0.717, 1.165) is 5.56 Å². The molecular weight excluding hydrogens is 552 g/mol. The summed E-state index contributed by atoms with van der Waals surface area (Å²) >= 11 is 0. The molecule has 0 radical (unpaired) electrons. The maximum Gasteiger partial charge on any atom is 0.193 e.